The van der Waals surface area contributed by atoms with Crippen LogP contribution in [-0.4, -0.2) is 47.9 Å². The molecule has 212 valence electrons. The number of nitrogens with zero attached hydrogens (tertiary/aromatic N) is 4. The van der Waals surface area contributed by atoms with Crippen molar-refractivity contribution in [2.45, 2.75) is 32.1 Å². The number of imidazole rings is 1. The second kappa shape index (κ2) is 9.95. The van der Waals surface area contributed by atoms with Gasteiger partial charge in [0.15, 0.2) is 17.4 Å². The summed E-state index contributed by atoms with van der Waals surface area (Å²) in [6.45, 7) is 2.27. The van der Waals surface area contributed by atoms with Crippen LogP contribution in [0.25, 0.3) is 44.5 Å². The normalized spacial score (nSPS) is 14.1. The number of H-pyrrole nitrogens is 2. The summed E-state index contributed by atoms with van der Waals surface area (Å²) in [5, 5.41) is 18.9. The van der Waals surface area contributed by atoms with Gasteiger partial charge >= 0.3 is 6.18 Å². The van der Waals surface area contributed by atoms with Crippen LogP contribution in [0.15, 0.2) is 66.9 Å². The number of halogens is 4. The lowest BCUT2D eigenvalue weighted by Gasteiger charge is -2.25. The summed E-state index contributed by atoms with van der Waals surface area (Å²) in [4.78, 5) is 15.1. The molecule has 11 heteroatoms. The molecule has 0 aliphatic carbocycles. The fraction of sp³-hybridized carbons (Fsp3) is 0.194. The summed E-state index contributed by atoms with van der Waals surface area (Å²) in [6, 6.07) is 16.9. The lowest BCUT2D eigenvalue weighted by Crippen LogP contribution is -2.30. The van der Waals surface area contributed by atoms with Gasteiger partial charge in [0.1, 0.15) is 5.69 Å². The second-order valence-corrected chi connectivity index (χ2v) is 10.6. The summed E-state index contributed by atoms with van der Waals surface area (Å²) in [5.74, 6) is -1.22. The molecule has 0 spiro atoms. The zero-order valence-electron chi connectivity index (χ0n) is 22.1. The smallest absolute Gasteiger partial charge is 0.393 e. The van der Waals surface area contributed by atoms with Gasteiger partial charge in [-0.1, -0.05) is 24.3 Å². The van der Waals surface area contributed by atoms with Crippen molar-refractivity contribution < 1.29 is 22.7 Å². The van der Waals surface area contributed by atoms with E-state index in [1.54, 1.807) is 18.2 Å². The average molecular weight is 573 g/mol. The van der Waals surface area contributed by atoms with Crippen molar-refractivity contribution >= 4 is 21.8 Å². The van der Waals surface area contributed by atoms with Gasteiger partial charge in [-0.2, -0.15) is 18.3 Å². The molecule has 0 radical (unpaired) electrons. The summed E-state index contributed by atoms with van der Waals surface area (Å²) >= 11 is 0. The maximum atomic E-state index is 14.2. The van der Waals surface area contributed by atoms with E-state index in [0.29, 0.717) is 29.1 Å². The number of fused-ring (bicyclic) bond motifs is 3. The molecule has 0 saturated carbocycles. The Balaban J connectivity index is 1.15. The molecule has 42 heavy (non-hydrogen) atoms. The highest BCUT2D eigenvalue weighted by molar-refractivity contribution is 5.94. The van der Waals surface area contributed by atoms with Gasteiger partial charge in [0.2, 0.25) is 0 Å². The van der Waals surface area contributed by atoms with Gasteiger partial charge in [-0.05, 0) is 58.7 Å². The highest BCUT2D eigenvalue weighted by Crippen LogP contribution is 2.36. The van der Waals surface area contributed by atoms with Crippen molar-refractivity contribution in [3.05, 3.63) is 95.2 Å². The first-order valence-corrected chi connectivity index (χ1v) is 13.4. The van der Waals surface area contributed by atoms with E-state index in [-0.39, 0.29) is 11.1 Å². The van der Waals surface area contributed by atoms with Crippen LogP contribution in [0.3, 0.4) is 0 Å². The molecular weight excluding hydrogens is 548 g/mol. The summed E-state index contributed by atoms with van der Waals surface area (Å²) in [7, 11) is 0. The van der Waals surface area contributed by atoms with Gasteiger partial charge in [-0.15, -0.1) is 0 Å². The summed E-state index contributed by atoms with van der Waals surface area (Å²) in [5.41, 5.74) is 5.43. The van der Waals surface area contributed by atoms with Crippen molar-refractivity contribution in [1.29, 1.82) is 0 Å². The first-order valence-electron chi connectivity index (χ1n) is 13.4. The Bertz CT molecular complexity index is 1960. The van der Waals surface area contributed by atoms with Crippen molar-refractivity contribution in [2.75, 3.05) is 6.54 Å². The van der Waals surface area contributed by atoms with E-state index in [1.165, 1.54) is 0 Å². The van der Waals surface area contributed by atoms with Gasteiger partial charge in [0, 0.05) is 48.7 Å². The van der Waals surface area contributed by atoms with Crippen molar-refractivity contribution in [3.8, 4) is 28.4 Å². The number of aromatic amines is 2. The molecule has 1 aliphatic heterocycles. The second-order valence-electron chi connectivity index (χ2n) is 10.6. The van der Waals surface area contributed by atoms with E-state index >= 15 is 0 Å². The van der Waals surface area contributed by atoms with Crippen molar-refractivity contribution in [1.82, 2.24) is 30.0 Å². The SMILES string of the molecule is Oc1cc(CC(F)(F)F)c(-c2ccc3c(-c4nc5c([nH]4)CCN(Cc4cnc6ccccc6c4)C5)n[nH]c3c2)cc1F. The standard InChI is InChI=1S/C31H24F4N6O/c32-23-12-22(20(11-28(23)42)13-31(33,34)35)18-5-6-21-26(10-18)39-40-29(21)30-37-25-7-8-41(16-27(25)38-30)15-17-9-19-3-1-2-4-24(19)36-14-17/h1-6,9-12,14,42H,7-8,13,15-16H2,(H,37,38)(H,39,40). The molecule has 6 aromatic rings. The molecule has 0 fully saturated rings. The lowest BCUT2D eigenvalue weighted by molar-refractivity contribution is -0.127. The Labute approximate surface area is 236 Å². The molecule has 0 bridgehead atoms. The van der Waals surface area contributed by atoms with Gasteiger partial charge in [-0.25, -0.2) is 9.37 Å². The van der Waals surface area contributed by atoms with Gasteiger partial charge in [0.25, 0.3) is 0 Å². The van der Waals surface area contributed by atoms with Gasteiger partial charge in [-0.3, -0.25) is 15.0 Å². The zero-order valence-corrected chi connectivity index (χ0v) is 22.1. The summed E-state index contributed by atoms with van der Waals surface area (Å²) < 4.78 is 53.7. The van der Waals surface area contributed by atoms with Crippen LogP contribution in [0.1, 0.15) is 22.5 Å². The molecule has 0 unspecified atom stereocenters. The van der Waals surface area contributed by atoms with Crippen LogP contribution in [0.4, 0.5) is 17.6 Å². The van der Waals surface area contributed by atoms with E-state index in [1.807, 2.05) is 24.4 Å². The number of benzene rings is 3. The Morgan fingerprint density at radius 2 is 1.88 bits per heavy atom. The first-order chi connectivity index (χ1) is 20.2. The third-order valence-electron chi connectivity index (χ3n) is 7.63. The molecule has 4 heterocycles. The lowest BCUT2D eigenvalue weighted by atomic mass is 9.96. The number of para-hydroxylation sites is 1. The van der Waals surface area contributed by atoms with E-state index in [9.17, 15) is 22.7 Å². The predicted octanol–water partition coefficient (Wildman–Crippen LogP) is 6.68. The fourth-order valence-corrected chi connectivity index (χ4v) is 5.66. The van der Waals surface area contributed by atoms with Gasteiger partial charge in [0.05, 0.1) is 23.1 Å². The minimum absolute atomic E-state index is 0.0517. The molecule has 7 nitrogen and oxygen atoms in total. The number of hydrogen-bond donors (Lipinski definition) is 3. The molecule has 7 rings (SSSR count). The molecule has 1 aliphatic rings. The van der Waals surface area contributed by atoms with E-state index < -0.39 is 24.2 Å². The van der Waals surface area contributed by atoms with Crippen LogP contribution < -0.4 is 0 Å². The Morgan fingerprint density at radius 1 is 1.02 bits per heavy atom. The van der Waals surface area contributed by atoms with Crippen LogP contribution in [0.2, 0.25) is 0 Å². The fourth-order valence-electron chi connectivity index (χ4n) is 5.66. The molecule has 3 N–H and O–H groups in total. The van der Waals surface area contributed by atoms with E-state index in [0.717, 1.165) is 64.9 Å². The molecule has 0 amide bonds. The first kappa shape index (κ1) is 26.1. The molecule has 0 atom stereocenters. The molecule has 3 aromatic heterocycles. The zero-order chi connectivity index (χ0) is 29.0. The maximum Gasteiger partial charge on any atom is 0.393 e. The Kier molecular flexibility index (Phi) is 6.19. The van der Waals surface area contributed by atoms with Crippen LogP contribution in [-0.2, 0) is 25.9 Å². The number of rotatable bonds is 5. The van der Waals surface area contributed by atoms with Gasteiger partial charge < -0.3 is 10.1 Å². The Morgan fingerprint density at radius 3 is 2.74 bits per heavy atom. The largest absolute Gasteiger partial charge is 0.505 e. The number of phenols is 1. The highest BCUT2D eigenvalue weighted by Gasteiger charge is 2.30. The number of alkyl halides is 3. The average Bonchev–Trinajstić information content (AvgIpc) is 3.57. The van der Waals surface area contributed by atoms with Crippen LogP contribution in [0.5, 0.6) is 5.75 Å². The third-order valence-corrected chi connectivity index (χ3v) is 7.63. The monoisotopic (exact) mass is 572 g/mol. The quantitative estimate of drug-likeness (QED) is 0.201. The van der Waals surface area contributed by atoms with Crippen molar-refractivity contribution in [2.24, 2.45) is 0 Å². The minimum Gasteiger partial charge on any atom is -0.505 e. The number of phenolic OH excluding ortho intramolecular Hbond substituents is 1. The van der Waals surface area contributed by atoms with E-state index in [4.69, 9.17) is 4.98 Å². The number of pyridine rings is 1. The number of aromatic nitrogens is 5. The third kappa shape index (κ3) is 4.96. The maximum absolute atomic E-state index is 14.2. The molecule has 0 saturated heterocycles. The van der Waals surface area contributed by atoms with Crippen LogP contribution in [0, 0.1) is 5.82 Å². The number of aromatic hydroxyl groups is 1. The highest BCUT2D eigenvalue weighted by atomic mass is 19.4. The summed E-state index contributed by atoms with van der Waals surface area (Å²) in [6.07, 6.45) is -3.11. The molecular formula is C31H24F4N6O. The minimum atomic E-state index is -4.52. The van der Waals surface area contributed by atoms with Crippen LogP contribution >= 0.6 is 0 Å². The molecule has 3 aromatic carbocycles. The number of hydrogen-bond acceptors (Lipinski definition) is 5. The topological polar surface area (TPSA) is 93.7 Å². The van der Waals surface area contributed by atoms with Crippen molar-refractivity contribution in [3.63, 3.8) is 0 Å². The number of nitrogens with one attached hydrogen (secondary N) is 2. The van der Waals surface area contributed by atoms with E-state index in [2.05, 4.69) is 37.2 Å². The predicted molar refractivity (Wildman–Crippen MR) is 150 cm³/mol. The Hall–Kier alpha value is -4.77.